The molecule has 3 heteroatoms. The van der Waals surface area contributed by atoms with Gasteiger partial charge in [-0.2, -0.15) is 0 Å². The van der Waals surface area contributed by atoms with Gasteiger partial charge >= 0.3 is 5.97 Å². The molecule has 0 saturated carbocycles. The van der Waals surface area contributed by atoms with Gasteiger partial charge in [0.1, 0.15) is 11.4 Å². The molecule has 1 atom stereocenters. The first-order chi connectivity index (χ1) is 13.5. The van der Waals surface area contributed by atoms with Gasteiger partial charge < -0.3 is 9.84 Å². The Balaban J connectivity index is 1.74. The highest BCUT2D eigenvalue weighted by Gasteiger charge is 2.33. The number of rotatable bonds is 4. The highest BCUT2D eigenvalue weighted by Crippen LogP contribution is 2.42. The second kappa shape index (κ2) is 7.16. The summed E-state index contributed by atoms with van der Waals surface area (Å²) in [4.78, 5) is 11.7. The third-order valence-electron chi connectivity index (χ3n) is 5.48. The van der Waals surface area contributed by atoms with E-state index in [4.69, 9.17) is 4.74 Å². The van der Waals surface area contributed by atoms with Crippen LogP contribution in [0.1, 0.15) is 40.4 Å². The average Bonchev–Trinajstić information content (AvgIpc) is 2.67. The first-order valence-corrected chi connectivity index (χ1v) is 9.64. The number of ether oxygens (including phenoxy) is 1. The Morgan fingerprint density at radius 3 is 2.57 bits per heavy atom. The number of carboxylic acids is 1. The fraction of sp³-hybridized carbons (Fsp3) is 0.240. The third kappa shape index (κ3) is 3.53. The summed E-state index contributed by atoms with van der Waals surface area (Å²) in [5.74, 6) is -0.107. The monoisotopic (exact) mass is 372 g/mol. The van der Waals surface area contributed by atoms with Crippen LogP contribution in [0.2, 0.25) is 0 Å². The summed E-state index contributed by atoms with van der Waals surface area (Å²) in [5, 5.41) is 9.61. The standard InChI is InChI=1S/C25H24O3/c1-17-7-5-8-18(15-17)16-25(2)14-13-19-9-6-12-21(23(19)28-25)20-10-3-4-11-22(20)24(26)27/h3-12,15H,13-14,16H2,1-2H3,(H,26,27). The molecule has 0 amide bonds. The summed E-state index contributed by atoms with van der Waals surface area (Å²) in [5.41, 5.74) is 5.17. The number of hydrogen-bond acceptors (Lipinski definition) is 2. The minimum Gasteiger partial charge on any atom is -0.486 e. The van der Waals surface area contributed by atoms with E-state index in [-0.39, 0.29) is 5.60 Å². The number of carbonyl (C=O) groups is 1. The van der Waals surface area contributed by atoms with Crippen LogP contribution in [0, 0.1) is 6.92 Å². The van der Waals surface area contributed by atoms with Gasteiger partial charge in [0.05, 0.1) is 5.56 Å². The maximum absolute atomic E-state index is 11.7. The number of carboxylic acid groups (broad SMARTS) is 1. The topological polar surface area (TPSA) is 46.5 Å². The summed E-state index contributed by atoms with van der Waals surface area (Å²) in [7, 11) is 0. The first kappa shape index (κ1) is 18.3. The van der Waals surface area contributed by atoms with Crippen LogP contribution < -0.4 is 4.74 Å². The molecule has 0 radical (unpaired) electrons. The van der Waals surface area contributed by atoms with Gasteiger partial charge in [0.15, 0.2) is 0 Å². The third-order valence-corrected chi connectivity index (χ3v) is 5.48. The quantitative estimate of drug-likeness (QED) is 0.640. The Hall–Kier alpha value is -3.07. The van der Waals surface area contributed by atoms with Gasteiger partial charge in [-0.3, -0.25) is 0 Å². The molecule has 0 saturated heterocycles. The summed E-state index contributed by atoms with van der Waals surface area (Å²) >= 11 is 0. The first-order valence-electron chi connectivity index (χ1n) is 9.64. The minimum absolute atomic E-state index is 0.297. The maximum atomic E-state index is 11.7. The molecule has 0 aromatic heterocycles. The summed E-state index contributed by atoms with van der Waals surface area (Å²) in [6.07, 6.45) is 2.67. The summed E-state index contributed by atoms with van der Waals surface area (Å²) < 4.78 is 6.59. The van der Waals surface area contributed by atoms with Crippen LogP contribution in [-0.2, 0) is 12.8 Å². The van der Waals surface area contributed by atoms with E-state index in [9.17, 15) is 9.90 Å². The van der Waals surface area contributed by atoms with E-state index >= 15 is 0 Å². The van der Waals surface area contributed by atoms with Crippen molar-refractivity contribution in [3.8, 4) is 16.9 Å². The van der Waals surface area contributed by atoms with Gasteiger partial charge in [-0.25, -0.2) is 4.79 Å². The van der Waals surface area contributed by atoms with E-state index in [2.05, 4.69) is 44.2 Å². The van der Waals surface area contributed by atoms with E-state index in [1.165, 1.54) is 11.1 Å². The van der Waals surface area contributed by atoms with Crippen LogP contribution >= 0.6 is 0 Å². The van der Waals surface area contributed by atoms with Crippen molar-refractivity contribution in [2.24, 2.45) is 0 Å². The molecule has 4 rings (SSSR count). The second-order valence-corrected chi connectivity index (χ2v) is 7.86. The molecule has 1 heterocycles. The zero-order chi connectivity index (χ0) is 19.7. The molecule has 3 aromatic carbocycles. The Kier molecular flexibility index (Phi) is 4.68. The number of para-hydroxylation sites is 1. The number of hydrogen-bond donors (Lipinski definition) is 1. The van der Waals surface area contributed by atoms with Gasteiger partial charge in [-0.05, 0) is 49.4 Å². The lowest BCUT2D eigenvalue weighted by molar-refractivity contribution is 0.0661. The van der Waals surface area contributed by atoms with Crippen LogP contribution in [0.25, 0.3) is 11.1 Å². The zero-order valence-electron chi connectivity index (χ0n) is 16.2. The smallest absolute Gasteiger partial charge is 0.336 e. The van der Waals surface area contributed by atoms with Gasteiger partial charge in [-0.1, -0.05) is 66.2 Å². The molecule has 3 aromatic rings. The number of fused-ring (bicyclic) bond motifs is 1. The fourth-order valence-corrected chi connectivity index (χ4v) is 4.09. The Bertz CT molecular complexity index is 1040. The highest BCUT2D eigenvalue weighted by molar-refractivity contribution is 5.97. The van der Waals surface area contributed by atoms with Crippen molar-refractivity contribution < 1.29 is 14.6 Å². The summed E-state index contributed by atoms with van der Waals surface area (Å²) in [6.45, 7) is 4.25. The minimum atomic E-state index is -0.925. The van der Waals surface area contributed by atoms with E-state index in [1.54, 1.807) is 12.1 Å². The molecular formula is C25H24O3. The highest BCUT2D eigenvalue weighted by atomic mass is 16.5. The van der Waals surface area contributed by atoms with Crippen molar-refractivity contribution >= 4 is 5.97 Å². The van der Waals surface area contributed by atoms with E-state index in [0.717, 1.165) is 36.1 Å². The second-order valence-electron chi connectivity index (χ2n) is 7.86. The summed E-state index contributed by atoms with van der Waals surface area (Å²) in [6, 6.07) is 21.7. The lowest BCUT2D eigenvalue weighted by Gasteiger charge is -2.37. The van der Waals surface area contributed by atoms with Gasteiger partial charge in [0, 0.05) is 12.0 Å². The van der Waals surface area contributed by atoms with E-state index in [0.29, 0.717) is 11.1 Å². The van der Waals surface area contributed by atoms with Gasteiger partial charge in [-0.15, -0.1) is 0 Å². The molecule has 28 heavy (non-hydrogen) atoms. The van der Waals surface area contributed by atoms with Gasteiger partial charge in [0.2, 0.25) is 0 Å². The normalized spacial score (nSPS) is 18.2. The lowest BCUT2D eigenvalue weighted by Crippen LogP contribution is -2.38. The Morgan fingerprint density at radius 1 is 1.04 bits per heavy atom. The van der Waals surface area contributed by atoms with Crippen LogP contribution in [0.4, 0.5) is 0 Å². The molecular weight excluding hydrogens is 348 g/mol. The molecule has 142 valence electrons. The van der Waals surface area contributed by atoms with Crippen molar-refractivity contribution in [2.75, 3.05) is 0 Å². The zero-order valence-corrected chi connectivity index (χ0v) is 16.2. The number of benzene rings is 3. The lowest BCUT2D eigenvalue weighted by atomic mass is 9.85. The van der Waals surface area contributed by atoms with Crippen LogP contribution in [-0.4, -0.2) is 16.7 Å². The SMILES string of the molecule is Cc1cccc(CC2(C)CCc3cccc(-c4ccccc4C(=O)O)c3O2)c1. The molecule has 0 bridgehead atoms. The van der Waals surface area contributed by atoms with Crippen molar-refractivity contribution in [3.63, 3.8) is 0 Å². The van der Waals surface area contributed by atoms with Crippen molar-refractivity contribution in [2.45, 2.75) is 38.7 Å². The van der Waals surface area contributed by atoms with Crippen LogP contribution in [0.3, 0.4) is 0 Å². The molecule has 0 aliphatic carbocycles. The fourth-order valence-electron chi connectivity index (χ4n) is 4.09. The average molecular weight is 372 g/mol. The number of aromatic carboxylic acids is 1. The Morgan fingerprint density at radius 2 is 1.79 bits per heavy atom. The van der Waals surface area contributed by atoms with Gasteiger partial charge in [0.25, 0.3) is 0 Å². The van der Waals surface area contributed by atoms with E-state index < -0.39 is 5.97 Å². The molecule has 0 fully saturated rings. The molecule has 3 nitrogen and oxygen atoms in total. The number of aryl methyl sites for hydroxylation is 2. The van der Waals surface area contributed by atoms with Crippen LogP contribution in [0.15, 0.2) is 66.7 Å². The molecule has 1 aliphatic heterocycles. The van der Waals surface area contributed by atoms with E-state index in [1.807, 2.05) is 24.3 Å². The Labute approximate surface area is 165 Å². The molecule has 1 aliphatic rings. The molecule has 1 N–H and O–H groups in total. The van der Waals surface area contributed by atoms with Crippen molar-refractivity contribution in [1.82, 2.24) is 0 Å². The van der Waals surface area contributed by atoms with Crippen LogP contribution in [0.5, 0.6) is 5.75 Å². The van der Waals surface area contributed by atoms with Crippen molar-refractivity contribution in [3.05, 3.63) is 89.0 Å². The predicted molar refractivity (Wildman–Crippen MR) is 111 cm³/mol. The maximum Gasteiger partial charge on any atom is 0.336 e. The largest absolute Gasteiger partial charge is 0.486 e. The molecule has 1 unspecified atom stereocenters. The molecule has 0 spiro atoms. The van der Waals surface area contributed by atoms with Crippen molar-refractivity contribution in [1.29, 1.82) is 0 Å². The predicted octanol–water partition coefficient (Wildman–Crippen LogP) is 5.69.